The van der Waals surface area contributed by atoms with Crippen molar-refractivity contribution in [2.45, 2.75) is 31.7 Å². The second-order valence-electron chi connectivity index (χ2n) is 6.50. The minimum absolute atomic E-state index is 0. The van der Waals surface area contributed by atoms with E-state index in [2.05, 4.69) is 16.3 Å². The third-order valence-corrected chi connectivity index (χ3v) is 5.53. The molecule has 24 heavy (non-hydrogen) atoms. The normalized spacial score (nSPS) is 21.9. The molecule has 1 aliphatic carbocycles. The highest BCUT2D eigenvalue weighted by molar-refractivity contribution is 6.31. The van der Waals surface area contributed by atoms with Crippen LogP contribution in [0.4, 0.5) is 0 Å². The standard InChI is InChI=1S/C17H23ClN2O2.2ClH/c18-14-10-16-15(21-11-22-16)9-13(14)17(12-3-1-2-4-12)20-7-5-19-6-8-20;;/h9-10,12,17,19H,1-8,11H2;2*1H/t17-;;/m1../s1. The predicted octanol–water partition coefficient (Wildman–Crippen LogP) is 4.05. The van der Waals surface area contributed by atoms with E-state index in [1.54, 1.807) is 0 Å². The van der Waals surface area contributed by atoms with Gasteiger partial charge in [-0.3, -0.25) is 4.90 Å². The fourth-order valence-corrected chi connectivity index (χ4v) is 4.41. The Morgan fingerprint density at radius 1 is 1.04 bits per heavy atom. The molecule has 3 aliphatic rings. The fourth-order valence-electron chi connectivity index (χ4n) is 4.14. The Balaban J connectivity index is 0.00000104. The van der Waals surface area contributed by atoms with E-state index in [1.165, 1.54) is 31.2 Å². The molecule has 0 bridgehead atoms. The molecule has 4 rings (SSSR count). The van der Waals surface area contributed by atoms with Crippen molar-refractivity contribution >= 4 is 36.4 Å². The quantitative estimate of drug-likeness (QED) is 0.837. The number of nitrogens with one attached hydrogen (secondary N) is 1. The molecule has 4 nitrogen and oxygen atoms in total. The lowest BCUT2D eigenvalue weighted by atomic mass is 9.89. The zero-order chi connectivity index (χ0) is 14.9. The summed E-state index contributed by atoms with van der Waals surface area (Å²) in [7, 11) is 0. The van der Waals surface area contributed by atoms with E-state index < -0.39 is 0 Å². The van der Waals surface area contributed by atoms with Crippen molar-refractivity contribution < 1.29 is 9.47 Å². The zero-order valence-electron chi connectivity index (χ0n) is 13.6. The highest BCUT2D eigenvalue weighted by atomic mass is 35.5. The Morgan fingerprint density at radius 3 is 2.33 bits per heavy atom. The van der Waals surface area contributed by atoms with Gasteiger partial charge in [-0.1, -0.05) is 24.4 Å². The van der Waals surface area contributed by atoms with Crippen LogP contribution < -0.4 is 14.8 Å². The number of nitrogens with zero attached hydrogens (tertiary/aromatic N) is 1. The number of fused-ring (bicyclic) bond motifs is 1. The monoisotopic (exact) mass is 394 g/mol. The third kappa shape index (κ3) is 3.88. The maximum Gasteiger partial charge on any atom is 0.231 e. The molecule has 0 radical (unpaired) electrons. The SMILES string of the molecule is Cl.Cl.Clc1cc2c(cc1[C@@H](C1CCCC1)N1CCNCC1)OCO2. The van der Waals surface area contributed by atoms with Crippen molar-refractivity contribution in [1.29, 1.82) is 0 Å². The van der Waals surface area contributed by atoms with Gasteiger partial charge in [0.2, 0.25) is 6.79 Å². The predicted molar refractivity (Wildman–Crippen MR) is 101 cm³/mol. The largest absolute Gasteiger partial charge is 0.454 e. The van der Waals surface area contributed by atoms with Gasteiger partial charge in [0.15, 0.2) is 11.5 Å². The van der Waals surface area contributed by atoms with Crippen LogP contribution in [0.2, 0.25) is 5.02 Å². The molecule has 1 aromatic rings. The third-order valence-electron chi connectivity index (χ3n) is 5.20. The number of ether oxygens (including phenoxy) is 2. The number of benzene rings is 1. The van der Waals surface area contributed by atoms with Crippen LogP contribution in [0, 0.1) is 5.92 Å². The van der Waals surface area contributed by atoms with Gasteiger partial charge in [0.25, 0.3) is 0 Å². The van der Waals surface area contributed by atoms with Gasteiger partial charge >= 0.3 is 0 Å². The molecule has 2 fully saturated rings. The lowest BCUT2D eigenvalue weighted by Crippen LogP contribution is -2.46. The molecule has 1 N–H and O–H groups in total. The summed E-state index contributed by atoms with van der Waals surface area (Å²) in [4.78, 5) is 2.61. The molecule has 0 aromatic heterocycles. The van der Waals surface area contributed by atoms with Gasteiger partial charge in [0.1, 0.15) is 0 Å². The van der Waals surface area contributed by atoms with E-state index >= 15 is 0 Å². The van der Waals surface area contributed by atoms with Crippen molar-refractivity contribution in [3.63, 3.8) is 0 Å². The molecule has 7 heteroatoms. The highest BCUT2D eigenvalue weighted by Gasteiger charge is 2.34. The van der Waals surface area contributed by atoms with Crippen LogP contribution in [0.5, 0.6) is 11.5 Å². The molecular formula is C17H25Cl3N2O2. The van der Waals surface area contributed by atoms with Crippen LogP contribution in [0.1, 0.15) is 37.3 Å². The number of piperazine rings is 1. The molecule has 0 spiro atoms. The van der Waals surface area contributed by atoms with Crippen LogP contribution in [0.25, 0.3) is 0 Å². The molecule has 2 heterocycles. The van der Waals surface area contributed by atoms with Crippen LogP contribution in [-0.2, 0) is 0 Å². The summed E-state index contributed by atoms with van der Waals surface area (Å²) in [6, 6.07) is 4.46. The summed E-state index contributed by atoms with van der Waals surface area (Å²) in [5, 5.41) is 4.27. The average Bonchev–Trinajstić information content (AvgIpc) is 3.20. The first-order valence-electron chi connectivity index (χ1n) is 8.37. The second kappa shape index (κ2) is 8.81. The average molecular weight is 396 g/mol. The van der Waals surface area contributed by atoms with Crippen LogP contribution in [0.3, 0.4) is 0 Å². The number of hydrogen-bond acceptors (Lipinski definition) is 4. The first-order chi connectivity index (χ1) is 10.8. The molecule has 1 atom stereocenters. The Kier molecular flexibility index (Phi) is 7.32. The van der Waals surface area contributed by atoms with Crippen molar-refractivity contribution in [1.82, 2.24) is 10.2 Å². The smallest absolute Gasteiger partial charge is 0.231 e. The summed E-state index contributed by atoms with van der Waals surface area (Å²) in [5.74, 6) is 2.33. The summed E-state index contributed by atoms with van der Waals surface area (Å²) in [5.41, 5.74) is 1.22. The van der Waals surface area contributed by atoms with Crippen molar-refractivity contribution in [3.05, 3.63) is 22.7 Å². The number of hydrogen-bond donors (Lipinski definition) is 1. The molecule has 0 unspecified atom stereocenters. The maximum atomic E-state index is 6.62. The minimum Gasteiger partial charge on any atom is -0.454 e. The molecular weight excluding hydrogens is 371 g/mol. The Bertz CT molecular complexity index is 547. The lowest BCUT2D eigenvalue weighted by Gasteiger charge is -2.39. The van der Waals surface area contributed by atoms with Gasteiger partial charge in [-0.05, 0) is 30.4 Å². The van der Waals surface area contributed by atoms with Crippen LogP contribution in [-0.4, -0.2) is 37.9 Å². The van der Waals surface area contributed by atoms with E-state index in [1.807, 2.05) is 6.07 Å². The topological polar surface area (TPSA) is 33.7 Å². The molecule has 1 saturated carbocycles. The zero-order valence-corrected chi connectivity index (χ0v) is 16.0. The van der Waals surface area contributed by atoms with E-state index in [0.29, 0.717) is 18.8 Å². The summed E-state index contributed by atoms with van der Waals surface area (Å²) in [6.45, 7) is 4.60. The van der Waals surface area contributed by atoms with Gasteiger partial charge < -0.3 is 14.8 Å². The first-order valence-corrected chi connectivity index (χ1v) is 8.74. The first kappa shape index (κ1) is 19.9. The lowest BCUT2D eigenvalue weighted by molar-refractivity contribution is 0.125. The van der Waals surface area contributed by atoms with Gasteiger partial charge in [-0.15, -0.1) is 24.8 Å². The molecule has 1 aromatic carbocycles. The second-order valence-corrected chi connectivity index (χ2v) is 6.91. The fraction of sp³-hybridized carbons (Fsp3) is 0.647. The minimum atomic E-state index is 0. The van der Waals surface area contributed by atoms with Crippen molar-refractivity contribution in [2.24, 2.45) is 5.92 Å². The van der Waals surface area contributed by atoms with E-state index in [-0.39, 0.29) is 24.8 Å². The summed E-state index contributed by atoms with van der Waals surface area (Å²) < 4.78 is 11.0. The number of rotatable bonds is 3. The van der Waals surface area contributed by atoms with Crippen molar-refractivity contribution in [3.8, 4) is 11.5 Å². The Hall–Kier alpha value is -0.390. The van der Waals surface area contributed by atoms with E-state index in [9.17, 15) is 0 Å². The number of halogens is 3. The van der Waals surface area contributed by atoms with Crippen LogP contribution >= 0.6 is 36.4 Å². The highest BCUT2D eigenvalue weighted by Crippen LogP contribution is 2.46. The molecule has 0 amide bonds. The van der Waals surface area contributed by atoms with Gasteiger partial charge in [-0.25, -0.2) is 0 Å². The van der Waals surface area contributed by atoms with Crippen molar-refractivity contribution in [2.75, 3.05) is 33.0 Å². The molecule has 2 aliphatic heterocycles. The summed E-state index contributed by atoms with van der Waals surface area (Å²) >= 11 is 6.62. The molecule has 1 saturated heterocycles. The molecule has 136 valence electrons. The Labute approximate surface area is 161 Å². The van der Waals surface area contributed by atoms with Gasteiger partial charge in [0, 0.05) is 43.3 Å². The maximum absolute atomic E-state index is 6.62. The van der Waals surface area contributed by atoms with E-state index in [0.717, 1.165) is 42.7 Å². The van der Waals surface area contributed by atoms with E-state index in [4.69, 9.17) is 21.1 Å². The summed E-state index contributed by atoms with van der Waals surface area (Å²) in [6.07, 6.45) is 5.30. The van der Waals surface area contributed by atoms with Crippen LogP contribution in [0.15, 0.2) is 12.1 Å². The van der Waals surface area contributed by atoms with Gasteiger partial charge in [-0.2, -0.15) is 0 Å². The Morgan fingerprint density at radius 2 is 1.67 bits per heavy atom. The van der Waals surface area contributed by atoms with Gasteiger partial charge in [0.05, 0.1) is 0 Å².